The molecule has 0 saturated heterocycles. The molecule has 68 valence electrons. The normalized spacial score (nSPS) is 20.6. The summed E-state index contributed by atoms with van der Waals surface area (Å²) in [6.07, 6.45) is -0.471. The van der Waals surface area contributed by atoms with Crippen LogP contribution in [-0.2, 0) is 6.54 Å². The summed E-state index contributed by atoms with van der Waals surface area (Å²) in [6, 6.07) is 1.64. The quantitative estimate of drug-likeness (QED) is 0.588. The van der Waals surface area contributed by atoms with Gasteiger partial charge in [-0.3, -0.25) is 0 Å². The minimum Gasteiger partial charge on any atom is -0.475 e. The summed E-state index contributed by atoms with van der Waals surface area (Å²) in [5.74, 6) is 1.06. The number of hydrogen-bond acceptors (Lipinski definition) is 4. The third kappa shape index (κ3) is 1.46. The second-order valence-corrected chi connectivity index (χ2v) is 2.55. The Morgan fingerprint density at radius 2 is 2.50 bits per heavy atom. The lowest BCUT2D eigenvalue weighted by molar-refractivity contribution is 0.0558. The molecule has 2 heterocycles. The zero-order valence-corrected chi connectivity index (χ0v) is 7.12. The Bertz CT molecular complexity index is 276. The van der Waals surface area contributed by atoms with Crippen molar-refractivity contribution in [1.29, 1.82) is 0 Å². The van der Waals surface area contributed by atoms with Crippen LogP contribution in [0.1, 0.15) is 0 Å². The van der Waals surface area contributed by atoms with E-state index in [1.807, 2.05) is 0 Å². The second kappa shape index (κ2) is 3.20. The number of rotatable bonds is 0. The van der Waals surface area contributed by atoms with Crippen LogP contribution in [0, 0.1) is 0 Å². The number of aliphatic hydroxyl groups excluding tert-OH is 1. The maximum Gasteiger partial charge on any atom is 0.214 e. The van der Waals surface area contributed by atoms with E-state index in [0.29, 0.717) is 24.8 Å². The molecule has 1 aromatic heterocycles. The van der Waals surface area contributed by atoms with Gasteiger partial charge in [-0.25, -0.2) is 4.68 Å². The summed E-state index contributed by atoms with van der Waals surface area (Å²) in [5, 5.41) is 13.0. The van der Waals surface area contributed by atoms with Crippen LogP contribution >= 0.6 is 12.4 Å². The summed E-state index contributed by atoms with van der Waals surface area (Å²) in [7, 11) is 0. The highest BCUT2D eigenvalue weighted by Gasteiger charge is 2.18. The Hall–Kier alpha value is -0.940. The molecular weight excluding hydrogens is 182 g/mol. The van der Waals surface area contributed by atoms with Crippen LogP contribution < -0.4 is 10.5 Å². The van der Waals surface area contributed by atoms with Gasteiger partial charge in [0.15, 0.2) is 0 Å². The third-order valence-corrected chi connectivity index (χ3v) is 1.57. The van der Waals surface area contributed by atoms with Crippen molar-refractivity contribution in [2.24, 2.45) is 0 Å². The van der Waals surface area contributed by atoms with Crippen molar-refractivity contribution >= 4 is 18.2 Å². The predicted octanol–water partition coefficient (Wildman–Crippen LogP) is -0.360. The number of hydrogen-bond donors (Lipinski definition) is 2. The van der Waals surface area contributed by atoms with Gasteiger partial charge >= 0.3 is 0 Å². The topological polar surface area (TPSA) is 73.3 Å². The van der Waals surface area contributed by atoms with Crippen molar-refractivity contribution in [3.05, 3.63) is 6.07 Å². The monoisotopic (exact) mass is 191 g/mol. The lowest BCUT2D eigenvalue weighted by atomic mass is 10.3. The van der Waals surface area contributed by atoms with Crippen molar-refractivity contribution < 1.29 is 9.84 Å². The lowest BCUT2D eigenvalue weighted by Gasteiger charge is -2.19. The molecule has 0 radical (unpaired) electrons. The Balaban J connectivity index is 0.000000720. The maximum atomic E-state index is 9.14. The molecule has 2 rings (SSSR count). The number of halogens is 1. The molecule has 3 N–H and O–H groups in total. The lowest BCUT2D eigenvalue weighted by Crippen LogP contribution is -2.29. The molecule has 0 aliphatic carbocycles. The fraction of sp³-hybridized carbons (Fsp3) is 0.500. The van der Waals surface area contributed by atoms with E-state index in [0.717, 1.165) is 0 Å². The Morgan fingerprint density at radius 3 is 3.25 bits per heavy atom. The molecule has 0 amide bonds. The van der Waals surface area contributed by atoms with E-state index < -0.39 is 6.10 Å². The summed E-state index contributed by atoms with van der Waals surface area (Å²) in [6.45, 7) is 0.789. The number of nitrogens with two attached hydrogens (primary N) is 1. The van der Waals surface area contributed by atoms with Crippen LogP contribution in [-0.4, -0.2) is 27.6 Å². The van der Waals surface area contributed by atoms with Gasteiger partial charge < -0.3 is 15.6 Å². The first-order chi connectivity index (χ1) is 5.25. The van der Waals surface area contributed by atoms with Crippen molar-refractivity contribution in [3.8, 4) is 5.88 Å². The minimum atomic E-state index is -0.471. The molecule has 6 heteroatoms. The molecule has 0 spiro atoms. The number of anilines is 1. The fourth-order valence-electron chi connectivity index (χ4n) is 1.10. The van der Waals surface area contributed by atoms with Gasteiger partial charge in [0.2, 0.25) is 5.88 Å². The molecular formula is C6H10ClN3O2. The van der Waals surface area contributed by atoms with E-state index in [2.05, 4.69) is 5.10 Å². The van der Waals surface area contributed by atoms with Crippen molar-refractivity contribution in [2.45, 2.75) is 12.6 Å². The van der Waals surface area contributed by atoms with E-state index in [-0.39, 0.29) is 12.4 Å². The molecule has 0 fully saturated rings. The van der Waals surface area contributed by atoms with Crippen LogP contribution in [0.2, 0.25) is 0 Å². The Morgan fingerprint density at radius 1 is 1.75 bits per heavy atom. The molecule has 1 aromatic rings. The maximum absolute atomic E-state index is 9.14. The molecule has 1 aliphatic heterocycles. The average Bonchev–Trinajstić information content (AvgIpc) is 2.27. The van der Waals surface area contributed by atoms with E-state index in [9.17, 15) is 0 Å². The Labute approximate surface area is 75.5 Å². The van der Waals surface area contributed by atoms with Gasteiger partial charge in [0.25, 0.3) is 0 Å². The highest BCUT2D eigenvalue weighted by molar-refractivity contribution is 5.85. The van der Waals surface area contributed by atoms with E-state index in [4.69, 9.17) is 15.6 Å². The zero-order valence-electron chi connectivity index (χ0n) is 6.30. The van der Waals surface area contributed by atoms with Gasteiger partial charge in [-0.15, -0.1) is 12.4 Å². The van der Waals surface area contributed by atoms with Gasteiger partial charge in [-0.1, -0.05) is 0 Å². The summed E-state index contributed by atoms with van der Waals surface area (Å²) in [5.41, 5.74) is 5.41. The van der Waals surface area contributed by atoms with Gasteiger partial charge in [0, 0.05) is 6.07 Å². The summed E-state index contributed by atoms with van der Waals surface area (Å²) in [4.78, 5) is 0. The van der Waals surface area contributed by atoms with Crippen molar-refractivity contribution in [2.75, 3.05) is 12.3 Å². The molecule has 5 nitrogen and oxygen atoms in total. The summed E-state index contributed by atoms with van der Waals surface area (Å²) >= 11 is 0. The van der Waals surface area contributed by atoms with E-state index in [1.165, 1.54) is 0 Å². The molecule has 12 heavy (non-hydrogen) atoms. The highest BCUT2D eigenvalue weighted by atomic mass is 35.5. The van der Waals surface area contributed by atoms with E-state index in [1.54, 1.807) is 10.7 Å². The zero-order chi connectivity index (χ0) is 7.84. The smallest absolute Gasteiger partial charge is 0.214 e. The predicted molar refractivity (Wildman–Crippen MR) is 45.4 cm³/mol. The van der Waals surface area contributed by atoms with Crippen LogP contribution in [0.5, 0.6) is 5.88 Å². The first-order valence-corrected chi connectivity index (χ1v) is 3.40. The van der Waals surface area contributed by atoms with Gasteiger partial charge in [0.1, 0.15) is 18.5 Å². The van der Waals surface area contributed by atoms with Crippen LogP contribution in [0.15, 0.2) is 6.07 Å². The van der Waals surface area contributed by atoms with Gasteiger partial charge in [-0.2, -0.15) is 5.10 Å². The second-order valence-electron chi connectivity index (χ2n) is 2.55. The van der Waals surface area contributed by atoms with Crippen molar-refractivity contribution in [1.82, 2.24) is 9.78 Å². The number of fused-ring (bicyclic) bond motifs is 1. The third-order valence-electron chi connectivity index (χ3n) is 1.57. The summed E-state index contributed by atoms with van der Waals surface area (Å²) < 4.78 is 6.69. The molecule has 0 saturated carbocycles. The average molecular weight is 192 g/mol. The SMILES string of the molecule is Cl.Nc1cc2n(n1)CC(O)CO2. The largest absolute Gasteiger partial charge is 0.475 e. The molecule has 0 aromatic carbocycles. The number of aliphatic hydroxyl groups is 1. The number of aromatic nitrogens is 2. The number of ether oxygens (including phenoxy) is 1. The molecule has 1 unspecified atom stereocenters. The molecule has 1 aliphatic rings. The standard InChI is InChI=1S/C6H9N3O2.ClH/c7-5-1-6-9(8-5)2-4(10)3-11-6;/h1,4,10H,2-3H2,(H2,7,8);1H. The van der Waals surface area contributed by atoms with Crippen LogP contribution in [0.3, 0.4) is 0 Å². The number of nitrogen functional groups attached to an aromatic ring is 1. The highest BCUT2D eigenvalue weighted by Crippen LogP contribution is 2.19. The van der Waals surface area contributed by atoms with E-state index >= 15 is 0 Å². The number of nitrogens with zero attached hydrogens (tertiary/aromatic N) is 2. The van der Waals surface area contributed by atoms with Crippen molar-refractivity contribution in [3.63, 3.8) is 0 Å². The fourth-order valence-corrected chi connectivity index (χ4v) is 1.10. The van der Waals surface area contributed by atoms with Crippen LogP contribution in [0.25, 0.3) is 0 Å². The molecule has 0 bridgehead atoms. The minimum absolute atomic E-state index is 0. The van der Waals surface area contributed by atoms with Crippen LogP contribution in [0.4, 0.5) is 5.82 Å². The molecule has 1 atom stereocenters. The first-order valence-electron chi connectivity index (χ1n) is 3.40. The van der Waals surface area contributed by atoms with Gasteiger partial charge in [0.05, 0.1) is 6.54 Å². The first kappa shape index (κ1) is 9.15. The van der Waals surface area contributed by atoms with Gasteiger partial charge in [-0.05, 0) is 0 Å². The Kier molecular flexibility index (Phi) is 2.44.